The molecule has 1 aliphatic rings. The molecular formula is C38H40O5S2. The van der Waals surface area contributed by atoms with E-state index < -0.39 is 17.8 Å². The summed E-state index contributed by atoms with van der Waals surface area (Å²) in [5.41, 5.74) is 2.93. The largest absolute Gasteiger partial charge is 0.497 e. The second-order valence-electron chi connectivity index (χ2n) is 10.7. The smallest absolute Gasteiger partial charge is 0.303 e. The van der Waals surface area contributed by atoms with Crippen molar-refractivity contribution in [2.75, 3.05) is 25.2 Å². The Morgan fingerprint density at radius 2 is 1.38 bits per heavy atom. The summed E-state index contributed by atoms with van der Waals surface area (Å²) in [6.07, 6.45) is 4.10. The van der Waals surface area contributed by atoms with Gasteiger partial charge < -0.3 is 18.9 Å². The average Bonchev–Trinajstić information content (AvgIpc) is 3.10. The molecule has 2 atom stereocenters. The highest BCUT2D eigenvalue weighted by Crippen LogP contribution is 2.41. The predicted octanol–water partition coefficient (Wildman–Crippen LogP) is 8.27. The van der Waals surface area contributed by atoms with E-state index in [1.807, 2.05) is 121 Å². The summed E-state index contributed by atoms with van der Waals surface area (Å²) in [6.45, 7) is 1.94. The molecule has 0 N–H and O–H groups in total. The van der Waals surface area contributed by atoms with Gasteiger partial charge in [-0.15, -0.1) is 23.5 Å². The maximum absolute atomic E-state index is 12.4. The van der Waals surface area contributed by atoms with Crippen LogP contribution in [0, 0.1) is 0 Å². The van der Waals surface area contributed by atoms with Crippen LogP contribution in [0.2, 0.25) is 0 Å². The molecule has 0 spiro atoms. The predicted molar refractivity (Wildman–Crippen MR) is 185 cm³/mol. The van der Waals surface area contributed by atoms with Crippen molar-refractivity contribution in [3.05, 3.63) is 150 Å². The highest BCUT2D eigenvalue weighted by molar-refractivity contribution is 8.17. The Balaban J connectivity index is 1.55. The van der Waals surface area contributed by atoms with Crippen molar-refractivity contribution in [2.45, 2.75) is 42.3 Å². The van der Waals surface area contributed by atoms with Gasteiger partial charge >= 0.3 is 5.97 Å². The topological polar surface area (TPSA) is 54.0 Å². The monoisotopic (exact) mass is 640 g/mol. The van der Waals surface area contributed by atoms with E-state index in [-0.39, 0.29) is 12.6 Å². The lowest BCUT2D eigenvalue weighted by molar-refractivity contribution is -0.158. The zero-order chi connectivity index (χ0) is 31.3. The molecule has 4 aromatic rings. The second-order valence-corrected chi connectivity index (χ2v) is 13.5. The molecule has 1 saturated heterocycles. The summed E-state index contributed by atoms with van der Waals surface area (Å²) < 4.78 is 25.5. The Labute approximate surface area is 275 Å². The van der Waals surface area contributed by atoms with Crippen molar-refractivity contribution >= 4 is 29.5 Å². The van der Waals surface area contributed by atoms with Crippen molar-refractivity contribution in [1.29, 1.82) is 0 Å². The number of esters is 1. The van der Waals surface area contributed by atoms with Crippen LogP contribution in [-0.4, -0.2) is 48.0 Å². The summed E-state index contributed by atoms with van der Waals surface area (Å²) >= 11 is 3.82. The Hall–Kier alpha value is -3.49. The van der Waals surface area contributed by atoms with Crippen LogP contribution in [0.3, 0.4) is 0 Å². The van der Waals surface area contributed by atoms with Gasteiger partial charge in [-0.3, -0.25) is 4.79 Å². The minimum absolute atomic E-state index is 0.149. The maximum atomic E-state index is 12.4. The standard InChI is InChI=1S/C38H40O5S2/c1-29(39)43-35(23-24-37-44-25-12-26-45-37)36(41-27-30-13-6-3-7-14-30)28-42-38(31-15-8-4-9-16-31,32-17-10-5-11-18-32)33-19-21-34(40-2)22-20-33/h3-11,13-24,35-37H,12,25-28H2,1-2H3/b24-23+/t35-,36+/m0/s1. The van der Waals surface area contributed by atoms with E-state index >= 15 is 0 Å². The molecule has 5 rings (SSSR count). The molecule has 0 amide bonds. The van der Waals surface area contributed by atoms with Gasteiger partial charge in [0.1, 0.15) is 23.6 Å². The summed E-state index contributed by atoms with van der Waals surface area (Å²) in [4.78, 5) is 12.4. The molecule has 0 radical (unpaired) electrons. The van der Waals surface area contributed by atoms with Crippen LogP contribution in [0.15, 0.2) is 127 Å². The van der Waals surface area contributed by atoms with Crippen LogP contribution in [0.1, 0.15) is 35.6 Å². The number of thioether (sulfide) groups is 2. The number of carbonyl (C=O) groups excluding carboxylic acids is 1. The third kappa shape index (κ3) is 8.82. The molecule has 45 heavy (non-hydrogen) atoms. The molecule has 4 aromatic carbocycles. The third-order valence-electron chi connectivity index (χ3n) is 7.61. The zero-order valence-corrected chi connectivity index (χ0v) is 27.4. The van der Waals surface area contributed by atoms with Gasteiger partial charge in [-0.1, -0.05) is 109 Å². The first kappa shape index (κ1) is 32.9. The zero-order valence-electron chi connectivity index (χ0n) is 25.7. The first-order valence-electron chi connectivity index (χ1n) is 15.2. The van der Waals surface area contributed by atoms with E-state index in [0.717, 1.165) is 39.5 Å². The summed E-state index contributed by atoms with van der Waals surface area (Å²) in [5.74, 6) is 2.64. The van der Waals surface area contributed by atoms with Crippen molar-refractivity contribution in [3.8, 4) is 5.75 Å². The van der Waals surface area contributed by atoms with Gasteiger partial charge in [-0.05, 0) is 58.4 Å². The van der Waals surface area contributed by atoms with Gasteiger partial charge in [0, 0.05) is 6.92 Å². The van der Waals surface area contributed by atoms with Gasteiger partial charge in [0.2, 0.25) is 0 Å². The van der Waals surface area contributed by atoms with E-state index in [1.54, 1.807) is 7.11 Å². The molecule has 0 unspecified atom stereocenters. The maximum Gasteiger partial charge on any atom is 0.303 e. The number of carbonyl (C=O) groups is 1. The fourth-order valence-corrected chi connectivity index (χ4v) is 8.03. The number of methoxy groups -OCH3 is 1. The molecule has 0 bridgehead atoms. The van der Waals surface area contributed by atoms with E-state index in [1.165, 1.54) is 13.3 Å². The Morgan fingerprint density at radius 1 is 0.822 bits per heavy atom. The van der Waals surface area contributed by atoms with E-state index in [2.05, 4.69) is 30.3 Å². The molecule has 5 nitrogen and oxygen atoms in total. The molecular weight excluding hydrogens is 601 g/mol. The van der Waals surface area contributed by atoms with Gasteiger partial charge in [-0.25, -0.2) is 0 Å². The van der Waals surface area contributed by atoms with Crippen LogP contribution < -0.4 is 4.74 Å². The number of ether oxygens (including phenoxy) is 4. The van der Waals surface area contributed by atoms with Gasteiger partial charge in [0.25, 0.3) is 0 Å². The molecule has 1 fully saturated rings. The first-order chi connectivity index (χ1) is 22.1. The molecule has 0 saturated carbocycles. The van der Waals surface area contributed by atoms with Crippen LogP contribution in [0.4, 0.5) is 0 Å². The molecule has 234 valence electrons. The van der Waals surface area contributed by atoms with Crippen molar-refractivity contribution in [3.63, 3.8) is 0 Å². The number of rotatable bonds is 14. The lowest BCUT2D eigenvalue weighted by Gasteiger charge is -2.38. The van der Waals surface area contributed by atoms with Crippen LogP contribution >= 0.6 is 23.5 Å². The minimum Gasteiger partial charge on any atom is -0.497 e. The van der Waals surface area contributed by atoms with Crippen molar-refractivity contribution in [2.24, 2.45) is 0 Å². The van der Waals surface area contributed by atoms with Crippen LogP contribution in [-0.2, 0) is 31.2 Å². The highest BCUT2D eigenvalue weighted by Gasteiger charge is 2.39. The molecule has 1 aliphatic heterocycles. The summed E-state index contributed by atoms with van der Waals surface area (Å²) in [6, 6.07) is 38.4. The SMILES string of the molecule is COc1ccc(C(OC[C@@H](OCc2ccccc2)[C@H](/C=C/C2SCCCS2)OC(C)=O)(c2ccccc2)c2ccccc2)cc1. The normalized spacial score (nSPS) is 15.4. The summed E-state index contributed by atoms with van der Waals surface area (Å²) in [5, 5.41) is 0. The fraction of sp³-hybridized carbons (Fsp3) is 0.289. The second kappa shape index (κ2) is 16.7. The Morgan fingerprint density at radius 3 is 1.93 bits per heavy atom. The van der Waals surface area contributed by atoms with Crippen LogP contribution in [0.5, 0.6) is 5.75 Å². The molecule has 0 aromatic heterocycles. The lowest BCUT2D eigenvalue weighted by atomic mass is 9.80. The molecule has 1 heterocycles. The van der Waals surface area contributed by atoms with Crippen LogP contribution in [0.25, 0.3) is 0 Å². The van der Waals surface area contributed by atoms with Gasteiger partial charge in [-0.2, -0.15) is 0 Å². The van der Waals surface area contributed by atoms with Gasteiger partial charge in [0.05, 0.1) is 24.9 Å². The van der Waals surface area contributed by atoms with E-state index in [9.17, 15) is 4.79 Å². The molecule has 0 aliphatic carbocycles. The fourth-order valence-electron chi connectivity index (χ4n) is 5.39. The van der Waals surface area contributed by atoms with Gasteiger partial charge in [0.15, 0.2) is 0 Å². The number of hydrogen-bond acceptors (Lipinski definition) is 7. The Bertz CT molecular complexity index is 1430. The van der Waals surface area contributed by atoms with Crippen molar-refractivity contribution in [1.82, 2.24) is 0 Å². The lowest BCUT2D eigenvalue weighted by Crippen LogP contribution is -2.41. The Kier molecular flexibility index (Phi) is 12.2. The highest BCUT2D eigenvalue weighted by atomic mass is 32.2. The quantitative estimate of drug-likeness (QED) is 0.0781. The number of benzene rings is 4. The molecule has 7 heteroatoms. The third-order valence-corrected chi connectivity index (χ3v) is 10.4. The average molecular weight is 641 g/mol. The summed E-state index contributed by atoms with van der Waals surface area (Å²) in [7, 11) is 1.66. The van der Waals surface area contributed by atoms with Crippen molar-refractivity contribution < 1.29 is 23.7 Å². The minimum atomic E-state index is -0.983. The van der Waals surface area contributed by atoms with E-state index in [0.29, 0.717) is 11.2 Å². The van der Waals surface area contributed by atoms with E-state index in [4.69, 9.17) is 18.9 Å². The number of hydrogen-bond donors (Lipinski definition) is 0. The first-order valence-corrected chi connectivity index (χ1v) is 17.3.